The predicted molar refractivity (Wildman–Crippen MR) is 89.3 cm³/mol. The number of hydrogen-bond donors (Lipinski definition) is 1. The van der Waals surface area contributed by atoms with Crippen molar-refractivity contribution in [3.63, 3.8) is 0 Å². The summed E-state index contributed by atoms with van der Waals surface area (Å²) in [5.41, 5.74) is 2.74. The minimum atomic E-state index is -0.373. The molecule has 0 bridgehead atoms. The molecule has 122 valence electrons. The molecule has 4 rings (SSSR count). The molecule has 0 unspecified atom stereocenters. The highest BCUT2D eigenvalue weighted by atomic mass is 16.5. The molecule has 1 saturated heterocycles. The molecule has 24 heavy (non-hydrogen) atoms. The van der Waals surface area contributed by atoms with E-state index in [0.29, 0.717) is 12.4 Å². The van der Waals surface area contributed by atoms with E-state index in [1.54, 1.807) is 23.3 Å². The lowest BCUT2D eigenvalue weighted by molar-refractivity contribution is -0.124. The average Bonchev–Trinajstić information content (AvgIpc) is 3.25. The Labute approximate surface area is 138 Å². The molecule has 1 N–H and O–H groups in total. The molecule has 1 amide bonds. The molecule has 1 aliphatic rings. The Morgan fingerprint density at radius 2 is 2.17 bits per heavy atom. The van der Waals surface area contributed by atoms with Crippen LogP contribution in [-0.2, 0) is 16.6 Å². The number of hydrogen-bond acceptors (Lipinski definition) is 5. The van der Waals surface area contributed by atoms with Crippen LogP contribution in [0.15, 0.2) is 36.9 Å². The van der Waals surface area contributed by atoms with Gasteiger partial charge in [-0.2, -0.15) is 5.10 Å². The first-order chi connectivity index (χ1) is 11.7. The first-order valence-corrected chi connectivity index (χ1v) is 7.86. The quantitative estimate of drug-likeness (QED) is 0.798. The summed E-state index contributed by atoms with van der Waals surface area (Å²) in [4.78, 5) is 20.8. The number of nitrogens with zero attached hydrogens (tertiary/aromatic N) is 4. The summed E-state index contributed by atoms with van der Waals surface area (Å²) >= 11 is 0. The topological polar surface area (TPSA) is 81.9 Å². The molecule has 4 heterocycles. The van der Waals surface area contributed by atoms with Crippen LogP contribution in [0.25, 0.3) is 22.0 Å². The third-order valence-corrected chi connectivity index (χ3v) is 4.08. The van der Waals surface area contributed by atoms with Gasteiger partial charge in [0, 0.05) is 42.6 Å². The molecule has 1 atom stereocenters. The summed E-state index contributed by atoms with van der Waals surface area (Å²) in [6.07, 6.45) is 8.49. The number of nitrogens with one attached hydrogen (secondary N) is 1. The largest absolute Gasteiger partial charge is 0.368 e. The second-order valence-electron chi connectivity index (χ2n) is 5.88. The molecule has 7 nitrogen and oxygen atoms in total. The van der Waals surface area contributed by atoms with Crippen molar-refractivity contribution in [2.45, 2.75) is 18.9 Å². The monoisotopic (exact) mass is 323 g/mol. The van der Waals surface area contributed by atoms with Crippen molar-refractivity contribution in [1.82, 2.24) is 19.7 Å². The van der Waals surface area contributed by atoms with E-state index in [1.807, 2.05) is 25.4 Å². The van der Waals surface area contributed by atoms with Crippen LogP contribution < -0.4 is 5.32 Å². The van der Waals surface area contributed by atoms with Crippen molar-refractivity contribution in [2.75, 3.05) is 11.9 Å². The van der Waals surface area contributed by atoms with Crippen molar-refractivity contribution in [3.8, 4) is 11.1 Å². The maximum Gasteiger partial charge on any atom is 0.254 e. The van der Waals surface area contributed by atoms with Crippen molar-refractivity contribution in [2.24, 2.45) is 7.05 Å². The average molecular weight is 323 g/mol. The predicted octanol–water partition coefficient (Wildman–Crippen LogP) is 2.15. The van der Waals surface area contributed by atoms with Gasteiger partial charge in [0.1, 0.15) is 11.9 Å². The minimum absolute atomic E-state index is 0.143. The number of pyridine rings is 2. The van der Waals surface area contributed by atoms with E-state index in [0.717, 1.165) is 34.9 Å². The Hall–Kier alpha value is -2.80. The Kier molecular flexibility index (Phi) is 3.70. The zero-order valence-electron chi connectivity index (χ0n) is 13.3. The molecule has 7 heteroatoms. The van der Waals surface area contributed by atoms with Crippen LogP contribution in [0, 0.1) is 0 Å². The van der Waals surface area contributed by atoms with E-state index in [2.05, 4.69) is 20.4 Å². The Morgan fingerprint density at radius 3 is 2.92 bits per heavy atom. The fraction of sp³-hybridized carbons (Fsp3) is 0.294. The molecule has 0 aliphatic carbocycles. The number of carbonyl (C=O) groups is 1. The van der Waals surface area contributed by atoms with Gasteiger partial charge in [-0.25, -0.2) is 4.98 Å². The minimum Gasteiger partial charge on any atom is -0.368 e. The maximum atomic E-state index is 12.1. The van der Waals surface area contributed by atoms with E-state index >= 15 is 0 Å². The Balaban J connectivity index is 1.62. The number of carbonyl (C=O) groups excluding carboxylic acids is 1. The Morgan fingerprint density at radius 1 is 1.25 bits per heavy atom. The van der Waals surface area contributed by atoms with E-state index < -0.39 is 0 Å². The number of amides is 1. The van der Waals surface area contributed by atoms with E-state index in [-0.39, 0.29) is 12.0 Å². The van der Waals surface area contributed by atoms with Gasteiger partial charge in [-0.3, -0.25) is 14.5 Å². The van der Waals surface area contributed by atoms with Crippen LogP contribution in [0.5, 0.6) is 0 Å². The third kappa shape index (κ3) is 2.85. The number of fused-ring (bicyclic) bond motifs is 1. The number of rotatable bonds is 3. The van der Waals surface area contributed by atoms with Gasteiger partial charge in [0.15, 0.2) is 0 Å². The van der Waals surface area contributed by atoms with E-state index in [9.17, 15) is 4.79 Å². The van der Waals surface area contributed by atoms with Crippen molar-refractivity contribution in [1.29, 1.82) is 0 Å². The lowest BCUT2D eigenvalue weighted by Gasteiger charge is -2.10. The maximum absolute atomic E-state index is 12.1. The van der Waals surface area contributed by atoms with Crippen LogP contribution in [0.1, 0.15) is 12.8 Å². The first-order valence-electron chi connectivity index (χ1n) is 7.86. The highest BCUT2D eigenvalue weighted by Crippen LogP contribution is 2.23. The summed E-state index contributed by atoms with van der Waals surface area (Å²) in [5.74, 6) is 0.365. The van der Waals surface area contributed by atoms with Crippen LogP contribution >= 0.6 is 0 Å². The molecule has 0 aromatic carbocycles. The van der Waals surface area contributed by atoms with Gasteiger partial charge < -0.3 is 10.1 Å². The van der Waals surface area contributed by atoms with Gasteiger partial charge in [0.25, 0.3) is 5.91 Å². The smallest absolute Gasteiger partial charge is 0.254 e. The van der Waals surface area contributed by atoms with Crippen LogP contribution in [-0.4, -0.2) is 38.4 Å². The molecular weight excluding hydrogens is 306 g/mol. The number of aryl methyl sites for hydroxylation is 1. The number of anilines is 1. The van der Waals surface area contributed by atoms with Gasteiger partial charge in [0.05, 0.1) is 17.9 Å². The fourth-order valence-electron chi connectivity index (χ4n) is 2.82. The SMILES string of the molecule is Cn1cc(-c2cnc3cnc(NC(=O)[C@@H]4CCCO4)cc3c2)cn1. The molecule has 3 aromatic rings. The van der Waals surface area contributed by atoms with Crippen molar-refractivity contribution >= 4 is 22.6 Å². The molecule has 1 fully saturated rings. The molecular formula is C17H17N5O2. The summed E-state index contributed by atoms with van der Waals surface area (Å²) in [6, 6.07) is 3.85. The van der Waals surface area contributed by atoms with Gasteiger partial charge in [-0.05, 0) is 25.0 Å². The molecule has 0 radical (unpaired) electrons. The highest BCUT2D eigenvalue weighted by Gasteiger charge is 2.23. The summed E-state index contributed by atoms with van der Waals surface area (Å²) in [7, 11) is 1.88. The van der Waals surface area contributed by atoms with Crippen LogP contribution in [0.2, 0.25) is 0 Å². The summed E-state index contributed by atoms with van der Waals surface area (Å²) < 4.78 is 7.14. The van der Waals surface area contributed by atoms with Crippen LogP contribution in [0.4, 0.5) is 5.82 Å². The van der Waals surface area contributed by atoms with Gasteiger partial charge >= 0.3 is 0 Å². The van der Waals surface area contributed by atoms with Crippen molar-refractivity contribution in [3.05, 3.63) is 36.9 Å². The van der Waals surface area contributed by atoms with E-state index in [1.165, 1.54) is 0 Å². The zero-order valence-corrected chi connectivity index (χ0v) is 13.3. The fourth-order valence-corrected chi connectivity index (χ4v) is 2.82. The second-order valence-corrected chi connectivity index (χ2v) is 5.88. The summed E-state index contributed by atoms with van der Waals surface area (Å²) in [6.45, 7) is 0.641. The van der Waals surface area contributed by atoms with Crippen molar-refractivity contribution < 1.29 is 9.53 Å². The standard InChI is InChI=1S/C17H17N5O2/c1-22-10-13(8-20-22)12-5-11-6-16(19-9-14(11)18-7-12)21-17(23)15-3-2-4-24-15/h5-10,15H,2-4H2,1H3,(H,19,21,23)/t15-/m0/s1. The summed E-state index contributed by atoms with van der Waals surface area (Å²) in [5, 5.41) is 7.91. The molecule has 3 aromatic heterocycles. The zero-order chi connectivity index (χ0) is 16.5. The lowest BCUT2D eigenvalue weighted by atomic mass is 10.1. The number of ether oxygens (including phenoxy) is 1. The van der Waals surface area contributed by atoms with E-state index in [4.69, 9.17) is 4.74 Å². The Bertz CT molecular complexity index is 899. The molecule has 0 spiro atoms. The number of aromatic nitrogens is 4. The lowest BCUT2D eigenvalue weighted by Crippen LogP contribution is -2.27. The molecule has 0 saturated carbocycles. The third-order valence-electron chi connectivity index (χ3n) is 4.08. The molecule has 1 aliphatic heterocycles. The first kappa shape index (κ1) is 14.8. The van der Waals surface area contributed by atoms with Gasteiger partial charge in [-0.1, -0.05) is 0 Å². The normalized spacial score (nSPS) is 17.3. The van der Waals surface area contributed by atoms with Crippen LogP contribution in [0.3, 0.4) is 0 Å². The second kappa shape index (κ2) is 6.01. The highest BCUT2D eigenvalue weighted by molar-refractivity contribution is 5.95. The van der Waals surface area contributed by atoms with Gasteiger partial charge in [-0.15, -0.1) is 0 Å². The van der Waals surface area contributed by atoms with Gasteiger partial charge in [0.2, 0.25) is 0 Å².